The van der Waals surface area contributed by atoms with Gasteiger partial charge >= 0.3 is 5.97 Å². The Hall–Kier alpha value is -2.21. The molecule has 6 nitrogen and oxygen atoms in total. The van der Waals surface area contributed by atoms with Gasteiger partial charge in [-0.15, -0.1) is 10.2 Å². The number of aromatic nitrogens is 2. The van der Waals surface area contributed by atoms with E-state index in [1.54, 1.807) is 13.2 Å². The van der Waals surface area contributed by atoms with Gasteiger partial charge in [0.1, 0.15) is 0 Å². The van der Waals surface area contributed by atoms with Crippen LogP contribution in [-0.2, 0) is 4.74 Å². The molecule has 6 heteroatoms. The molecule has 0 amide bonds. The van der Waals surface area contributed by atoms with Gasteiger partial charge in [-0.2, -0.15) is 0 Å². The molecular formula is C13H15N3O3. The first-order valence-corrected chi connectivity index (χ1v) is 5.95. The topological polar surface area (TPSA) is 84.3 Å². The summed E-state index contributed by atoms with van der Waals surface area (Å²) in [5, 5.41) is 20.7. The largest absolute Gasteiger partial charge is 0.476 e. The van der Waals surface area contributed by atoms with Crippen molar-refractivity contribution < 1.29 is 14.6 Å². The minimum Gasteiger partial charge on any atom is -0.476 e. The smallest absolute Gasteiger partial charge is 0.358 e. The van der Waals surface area contributed by atoms with Crippen LogP contribution in [0.25, 0.3) is 10.9 Å². The Bertz CT molecular complexity index is 586. The van der Waals surface area contributed by atoms with Crippen molar-refractivity contribution in [3.63, 3.8) is 0 Å². The van der Waals surface area contributed by atoms with E-state index < -0.39 is 5.97 Å². The zero-order valence-corrected chi connectivity index (χ0v) is 10.6. The molecule has 0 fully saturated rings. The maximum Gasteiger partial charge on any atom is 0.358 e. The Morgan fingerprint density at radius 1 is 1.37 bits per heavy atom. The predicted octanol–water partition coefficient (Wildman–Crippen LogP) is 1.78. The lowest BCUT2D eigenvalue weighted by atomic mass is 10.1. The Kier molecular flexibility index (Phi) is 4.25. The van der Waals surface area contributed by atoms with Gasteiger partial charge in [-0.05, 0) is 12.5 Å². The molecule has 1 aromatic carbocycles. The summed E-state index contributed by atoms with van der Waals surface area (Å²) in [5.74, 6) is -1.09. The molecule has 2 aromatic rings. The molecule has 0 aliphatic heterocycles. The number of hydrogen-bond acceptors (Lipinski definition) is 5. The van der Waals surface area contributed by atoms with Gasteiger partial charge in [0.05, 0.1) is 11.2 Å². The Balaban J connectivity index is 2.35. The van der Waals surface area contributed by atoms with Gasteiger partial charge < -0.3 is 15.2 Å². The molecule has 0 radical (unpaired) electrons. The number of carboxylic acids is 1. The fraction of sp³-hybridized carbons (Fsp3) is 0.308. The second-order valence-electron chi connectivity index (χ2n) is 4.02. The first kappa shape index (κ1) is 13.2. The van der Waals surface area contributed by atoms with Crippen LogP contribution in [0, 0.1) is 0 Å². The Morgan fingerprint density at radius 2 is 2.16 bits per heavy atom. The first-order chi connectivity index (χ1) is 9.24. The fourth-order valence-corrected chi connectivity index (χ4v) is 1.81. The van der Waals surface area contributed by atoms with Crippen molar-refractivity contribution >= 4 is 22.6 Å². The number of carboxylic acid groups (broad SMARTS) is 1. The molecule has 2 rings (SSSR count). The zero-order chi connectivity index (χ0) is 13.7. The molecule has 0 aliphatic carbocycles. The molecule has 19 heavy (non-hydrogen) atoms. The highest BCUT2D eigenvalue weighted by Gasteiger charge is 2.15. The molecule has 0 spiro atoms. The van der Waals surface area contributed by atoms with Gasteiger partial charge in [0.25, 0.3) is 0 Å². The molecule has 0 bridgehead atoms. The Labute approximate surface area is 110 Å². The van der Waals surface area contributed by atoms with Crippen LogP contribution in [0.15, 0.2) is 24.3 Å². The molecule has 0 atom stereocenters. The summed E-state index contributed by atoms with van der Waals surface area (Å²) >= 11 is 0. The van der Waals surface area contributed by atoms with Crippen molar-refractivity contribution in [1.29, 1.82) is 0 Å². The van der Waals surface area contributed by atoms with Crippen molar-refractivity contribution in [3.05, 3.63) is 30.0 Å². The fourth-order valence-electron chi connectivity index (χ4n) is 1.81. The number of fused-ring (bicyclic) bond motifs is 1. The van der Waals surface area contributed by atoms with E-state index in [0.29, 0.717) is 24.4 Å². The molecule has 1 aromatic heterocycles. The van der Waals surface area contributed by atoms with Crippen LogP contribution in [-0.4, -0.2) is 41.5 Å². The van der Waals surface area contributed by atoms with Gasteiger partial charge in [-0.3, -0.25) is 0 Å². The van der Waals surface area contributed by atoms with Crippen LogP contribution in [0.5, 0.6) is 0 Å². The van der Waals surface area contributed by atoms with E-state index in [4.69, 9.17) is 9.84 Å². The van der Waals surface area contributed by atoms with Crippen molar-refractivity contribution in [2.45, 2.75) is 6.42 Å². The SMILES string of the molecule is COCCCNc1c(C(=O)O)nnc2ccccc12. The third-order valence-electron chi connectivity index (χ3n) is 2.70. The second-order valence-corrected chi connectivity index (χ2v) is 4.02. The molecule has 0 unspecified atom stereocenters. The van der Waals surface area contributed by atoms with E-state index in [9.17, 15) is 4.79 Å². The molecule has 0 saturated carbocycles. The number of benzene rings is 1. The van der Waals surface area contributed by atoms with Crippen molar-refractivity contribution in [3.8, 4) is 0 Å². The van der Waals surface area contributed by atoms with Gasteiger partial charge in [-0.1, -0.05) is 18.2 Å². The van der Waals surface area contributed by atoms with Crippen molar-refractivity contribution in [2.75, 3.05) is 25.6 Å². The zero-order valence-electron chi connectivity index (χ0n) is 10.6. The number of rotatable bonds is 6. The number of aromatic carboxylic acids is 1. The first-order valence-electron chi connectivity index (χ1n) is 5.95. The lowest BCUT2D eigenvalue weighted by molar-refractivity contribution is 0.0690. The normalized spacial score (nSPS) is 10.6. The quantitative estimate of drug-likeness (QED) is 0.771. The highest BCUT2D eigenvalue weighted by atomic mass is 16.5. The molecule has 0 saturated heterocycles. The highest BCUT2D eigenvalue weighted by molar-refractivity contribution is 6.02. The number of hydrogen-bond donors (Lipinski definition) is 2. The average Bonchev–Trinajstić information content (AvgIpc) is 2.43. The summed E-state index contributed by atoms with van der Waals surface area (Å²) in [5.41, 5.74) is 1.12. The lowest BCUT2D eigenvalue weighted by Crippen LogP contribution is -2.12. The van der Waals surface area contributed by atoms with Crippen molar-refractivity contribution in [1.82, 2.24) is 10.2 Å². The van der Waals surface area contributed by atoms with Gasteiger partial charge in [0.15, 0.2) is 5.69 Å². The second kappa shape index (κ2) is 6.10. The van der Waals surface area contributed by atoms with E-state index in [0.717, 1.165) is 11.8 Å². The van der Waals surface area contributed by atoms with E-state index in [1.807, 2.05) is 18.2 Å². The maximum absolute atomic E-state index is 11.2. The molecule has 2 N–H and O–H groups in total. The number of anilines is 1. The molecule has 0 aliphatic rings. The van der Waals surface area contributed by atoms with E-state index >= 15 is 0 Å². The van der Waals surface area contributed by atoms with E-state index in [-0.39, 0.29) is 5.69 Å². The summed E-state index contributed by atoms with van der Waals surface area (Å²) in [6.07, 6.45) is 0.784. The number of nitrogens with one attached hydrogen (secondary N) is 1. The predicted molar refractivity (Wildman–Crippen MR) is 71.5 cm³/mol. The summed E-state index contributed by atoms with van der Waals surface area (Å²) < 4.78 is 4.96. The van der Waals surface area contributed by atoms with Crippen molar-refractivity contribution in [2.24, 2.45) is 0 Å². The van der Waals surface area contributed by atoms with Crippen LogP contribution in [0.4, 0.5) is 5.69 Å². The summed E-state index contributed by atoms with van der Waals surface area (Å²) in [4.78, 5) is 11.2. The summed E-state index contributed by atoms with van der Waals surface area (Å²) in [6, 6.07) is 7.31. The van der Waals surface area contributed by atoms with E-state index in [1.165, 1.54) is 0 Å². The average molecular weight is 261 g/mol. The monoisotopic (exact) mass is 261 g/mol. The Morgan fingerprint density at radius 3 is 2.89 bits per heavy atom. The standard InChI is InChI=1S/C13H15N3O3/c1-19-8-4-7-14-11-9-5-2-3-6-10(9)15-16-12(11)13(17)18/h2-3,5-6H,4,7-8H2,1H3,(H,14,15)(H,17,18). The minimum atomic E-state index is -1.09. The summed E-state index contributed by atoms with van der Waals surface area (Å²) in [6.45, 7) is 1.23. The maximum atomic E-state index is 11.2. The highest BCUT2D eigenvalue weighted by Crippen LogP contribution is 2.24. The van der Waals surface area contributed by atoms with Gasteiger partial charge in [-0.25, -0.2) is 4.79 Å². The molecular weight excluding hydrogens is 246 g/mol. The van der Waals surface area contributed by atoms with Crippen LogP contribution in [0.2, 0.25) is 0 Å². The van der Waals surface area contributed by atoms with E-state index in [2.05, 4.69) is 15.5 Å². The van der Waals surface area contributed by atoms with Gasteiger partial charge in [0.2, 0.25) is 0 Å². The minimum absolute atomic E-state index is 0.0592. The van der Waals surface area contributed by atoms with Crippen LogP contribution >= 0.6 is 0 Å². The molecule has 1 heterocycles. The number of nitrogens with zero attached hydrogens (tertiary/aromatic N) is 2. The third kappa shape index (κ3) is 2.97. The number of carbonyl (C=O) groups is 1. The number of methoxy groups -OCH3 is 1. The number of ether oxygens (including phenoxy) is 1. The lowest BCUT2D eigenvalue weighted by Gasteiger charge is -2.11. The van der Waals surface area contributed by atoms with Gasteiger partial charge in [0, 0.05) is 25.6 Å². The molecule has 100 valence electrons. The van der Waals surface area contributed by atoms with Crippen LogP contribution in [0.3, 0.4) is 0 Å². The van der Waals surface area contributed by atoms with Crippen LogP contribution in [0.1, 0.15) is 16.9 Å². The third-order valence-corrected chi connectivity index (χ3v) is 2.70. The summed E-state index contributed by atoms with van der Waals surface area (Å²) in [7, 11) is 1.63. The van der Waals surface area contributed by atoms with Crippen LogP contribution < -0.4 is 5.32 Å².